The molecule has 2 aromatic carbocycles. The second-order valence-corrected chi connectivity index (χ2v) is 6.39. The third-order valence-electron chi connectivity index (χ3n) is 4.00. The van der Waals surface area contributed by atoms with E-state index in [0.29, 0.717) is 11.7 Å². The van der Waals surface area contributed by atoms with Gasteiger partial charge >= 0.3 is 0 Å². The van der Waals surface area contributed by atoms with E-state index < -0.39 is 0 Å². The lowest BCUT2D eigenvalue weighted by atomic mass is 10.1. The summed E-state index contributed by atoms with van der Waals surface area (Å²) in [5.74, 6) is 2.90. The van der Waals surface area contributed by atoms with Crippen LogP contribution in [0, 0.1) is 0 Å². The lowest BCUT2D eigenvalue weighted by Gasteiger charge is -2.11. The van der Waals surface area contributed by atoms with E-state index in [9.17, 15) is 0 Å². The zero-order valence-corrected chi connectivity index (χ0v) is 14.4. The van der Waals surface area contributed by atoms with Gasteiger partial charge in [0.1, 0.15) is 11.5 Å². The summed E-state index contributed by atoms with van der Waals surface area (Å²) in [4.78, 5) is 5.33. The second kappa shape index (κ2) is 5.79. The van der Waals surface area contributed by atoms with Crippen molar-refractivity contribution in [3.05, 3.63) is 36.2 Å². The number of aromatic nitrogens is 2. The van der Waals surface area contributed by atoms with E-state index in [0.717, 1.165) is 43.7 Å². The van der Waals surface area contributed by atoms with Crippen molar-refractivity contribution >= 4 is 32.2 Å². The molecule has 0 aliphatic heterocycles. The maximum atomic E-state index is 5.70. The summed E-state index contributed by atoms with van der Waals surface area (Å²) in [6, 6.07) is 10.1. The average molecular weight is 340 g/mol. The van der Waals surface area contributed by atoms with Crippen LogP contribution in [-0.4, -0.2) is 24.4 Å². The number of methoxy groups -OCH3 is 2. The van der Waals surface area contributed by atoms with Gasteiger partial charge in [-0.2, -0.15) is 4.98 Å². The van der Waals surface area contributed by atoms with Gasteiger partial charge in [-0.25, -0.2) is 0 Å². The highest BCUT2D eigenvalue weighted by molar-refractivity contribution is 7.22. The molecule has 4 rings (SSSR count). The molecule has 0 atom stereocenters. The van der Waals surface area contributed by atoms with Crippen molar-refractivity contribution < 1.29 is 14.0 Å². The SMILES string of the molecule is CCc1noc(-c2cc3c(OC)c4ccccc4c(OC)c3s2)n1. The summed E-state index contributed by atoms with van der Waals surface area (Å²) in [6.07, 6.45) is 0.741. The Bertz CT molecular complexity index is 975. The molecule has 0 amide bonds. The van der Waals surface area contributed by atoms with Crippen LogP contribution in [0.2, 0.25) is 0 Å². The maximum Gasteiger partial charge on any atom is 0.268 e. The van der Waals surface area contributed by atoms with Gasteiger partial charge in [0.2, 0.25) is 0 Å². The van der Waals surface area contributed by atoms with Crippen LogP contribution in [0.25, 0.3) is 31.6 Å². The van der Waals surface area contributed by atoms with Crippen LogP contribution >= 0.6 is 11.3 Å². The third-order valence-corrected chi connectivity index (χ3v) is 5.12. The molecule has 0 radical (unpaired) electrons. The predicted octanol–water partition coefficient (Wildman–Crippen LogP) is 4.68. The molecule has 24 heavy (non-hydrogen) atoms. The second-order valence-electron chi connectivity index (χ2n) is 5.33. The largest absolute Gasteiger partial charge is 0.495 e. The summed E-state index contributed by atoms with van der Waals surface area (Å²) in [5, 5.41) is 7.02. The molecule has 2 aromatic heterocycles. The zero-order valence-electron chi connectivity index (χ0n) is 13.6. The predicted molar refractivity (Wildman–Crippen MR) is 95.1 cm³/mol. The topological polar surface area (TPSA) is 57.4 Å². The summed E-state index contributed by atoms with van der Waals surface area (Å²) in [6.45, 7) is 2.00. The van der Waals surface area contributed by atoms with E-state index in [1.165, 1.54) is 0 Å². The highest BCUT2D eigenvalue weighted by Gasteiger charge is 2.20. The molecule has 0 unspecified atom stereocenters. The first-order chi connectivity index (χ1) is 11.8. The van der Waals surface area contributed by atoms with Gasteiger partial charge in [-0.3, -0.25) is 0 Å². The van der Waals surface area contributed by atoms with Gasteiger partial charge in [0.05, 0.1) is 23.8 Å². The van der Waals surface area contributed by atoms with Crippen LogP contribution in [0.3, 0.4) is 0 Å². The molecule has 4 aromatic rings. The van der Waals surface area contributed by atoms with Crippen LogP contribution in [0.4, 0.5) is 0 Å². The summed E-state index contributed by atoms with van der Waals surface area (Å²) in [7, 11) is 3.38. The number of rotatable bonds is 4. The highest BCUT2D eigenvalue weighted by atomic mass is 32.1. The Morgan fingerprint density at radius 1 is 1.04 bits per heavy atom. The molecule has 2 heterocycles. The maximum absolute atomic E-state index is 5.70. The van der Waals surface area contributed by atoms with Gasteiger partial charge < -0.3 is 14.0 Å². The number of aryl methyl sites for hydroxylation is 1. The number of hydrogen-bond donors (Lipinski definition) is 0. The third kappa shape index (κ3) is 2.14. The highest BCUT2D eigenvalue weighted by Crippen LogP contribution is 2.48. The molecular formula is C18H16N2O3S. The molecule has 0 saturated heterocycles. The minimum absolute atomic E-state index is 0.529. The summed E-state index contributed by atoms with van der Waals surface area (Å²) >= 11 is 1.57. The Kier molecular flexibility index (Phi) is 3.61. The fourth-order valence-corrected chi connectivity index (χ4v) is 4.01. The van der Waals surface area contributed by atoms with E-state index in [2.05, 4.69) is 10.1 Å². The van der Waals surface area contributed by atoms with Gasteiger partial charge in [-0.05, 0) is 6.07 Å². The van der Waals surface area contributed by atoms with Crippen molar-refractivity contribution in [3.8, 4) is 22.3 Å². The molecule has 0 N–H and O–H groups in total. The lowest BCUT2D eigenvalue weighted by molar-refractivity contribution is 0.418. The number of ether oxygens (including phenoxy) is 2. The minimum Gasteiger partial charge on any atom is -0.495 e. The molecule has 0 bridgehead atoms. The molecule has 0 aliphatic carbocycles. The summed E-state index contributed by atoms with van der Waals surface area (Å²) in [5.41, 5.74) is 0. The van der Waals surface area contributed by atoms with E-state index in [1.54, 1.807) is 25.6 Å². The summed E-state index contributed by atoms with van der Waals surface area (Å²) < 4.78 is 17.8. The Morgan fingerprint density at radius 3 is 2.38 bits per heavy atom. The fourth-order valence-electron chi connectivity index (χ4n) is 2.90. The first-order valence-electron chi connectivity index (χ1n) is 7.66. The Balaban J connectivity index is 2.06. The fraction of sp³-hybridized carbons (Fsp3) is 0.222. The normalized spacial score (nSPS) is 11.3. The first-order valence-corrected chi connectivity index (χ1v) is 8.47. The Morgan fingerprint density at radius 2 is 1.75 bits per heavy atom. The average Bonchev–Trinajstić information content (AvgIpc) is 3.26. The number of benzene rings is 2. The van der Waals surface area contributed by atoms with Crippen molar-refractivity contribution in [1.82, 2.24) is 10.1 Å². The van der Waals surface area contributed by atoms with Gasteiger partial charge in [0.15, 0.2) is 5.82 Å². The molecular weight excluding hydrogens is 324 g/mol. The molecule has 0 spiro atoms. The van der Waals surface area contributed by atoms with Crippen LogP contribution in [-0.2, 0) is 6.42 Å². The number of thiophene rings is 1. The van der Waals surface area contributed by atoms with Crippen molar-refractivity contribution in [2.45, 2.75) is 13.3 Å². The Labute approximate surface area is 142 Å². The molecule has 6 heteroatoms. The molecule has 0 aliphatic rings. The molecule has 5 nitrogen and oxygen atoms in total. The smallest absolute Gasteiger partial charge is 0.268 e. The van der Waals surface area contributed by atoms with Crippen LogP contribution in [0.5, 0.6) is 11.5 Å². The Hall–Kier alpha value is -2.60. The van der Waals surface area contributed by atoms with Gasteiger partial charge in [0.25, 0.3) is 5.89 Å². The van der Waals surface area contributed by atoms with Gasteiger partial charge in [0, 0.05) is 22.6 Å². The number of hydrogen-bond acceptors (Lipinski definition) is 6. The molecule has 0 fully saturated rings. The van der Waals surface area contributed by atoms with Crippen molar-refractivity contribution in [1.29, 1.82) is 0 Å². The van der Waals surface area contributed by atoms with Crippen LogP contribution in [0.1, 0.15) is 12.7 Å². The van der Waals surface area contributed by atoms with Gasteiger partial charge in [-0.1, -0.05) is 36.3 Å². The van der Waals surface area contributed by atoms with Crippen LogP contribution < -0.4 is 9.47 Å². The zero-order chi connectivity index (χ0) is 16.7. The first kappa shape index (κ1) is 15.0. The standard InChI is InChI=1S/C18H16N2O3S/c1-4-14-19-18(23-20-14)13-9-12-15(21-2)10-7-5-6-8-11(10)16(22-3)17(12)24-13/h5-9H,4H2,1-3H3. The molecule has 0 saturated carbocycles. The van der Waals surface area contributed by atoms with Crippen molar-refractivity contribution in [3.63, 3.8) is 0 Å². The minimum atomic E-state index is 0.529. The number of nitrogens with zero attached hydrogens (tertiary/aromatic N) is 2. The molecule has 122 valence electrons. The van der Waals surface area contributed by atoms with Crippen LogP contribution in [0.15, 0.2) is 34.9 Å². The van der Waals surface area contributed by atoms with Gasteiger partial charge in [-0.15, -0.1) is 11.3 Å². The van der Waals surface area contributed by atoms with E-state index in [4.69, 9.17) is 14.0 Å². The lowest BCUT2D eigenvalue weighted by Crippen LogP contribution is -1.90. The van der Waals surface area contributed by atoms with E-state index >= 15 is 0 Å². The van der Waals surface area contributed by atoms with E-state index in [1.807, 2.05) is 37.3 Å². The quantitative estimate of drug-likeness (QED) is 0.540. The monoisotopic (exact) mass is 340 g/mol. The van der Waals surface area contributed by atoms with E-state index in [-0.39, 0.29) is 0 Å². The number of fused-ring (bicyclic) bond motifs is 2. The van der Waals surface area contributed by atoms with Crippen molar-refractivity contribution in [2.75, 3.05) is 14.2 Å². The van der Waals surface area contributed by atoms with Crippen molar-refractivity contribution in [2.24, 2.45) is 0 Å².